The van der Waals surface area contributed by atoms with Gasteiger partial charge in [-0.3, -0.25) is 0 Å². The van der Waals surface area contributed by atoms with Gasteiger partial charge in [-0.15, -0.1) is 0 Å². The van der Waals surface area contributed by atoms with Gasteiger partial charge < -0.3 is 12.9 Å². The first kappa shape index (κ1) is 15.2. The molecule has 0 N–H and O–H groups in total. The summed E-state index contributed by atoms with van der Waals surface area (Å²) >= 11 is 0. The minimum atomic E-state index is -4.57. The van der Waals surface area contributed by atoms with Crippen molar-refractivity contribution in [2.45, 2.75) is 38.4 Å². The largest absolute Gasteiger partial charge is 1.00 e. The minimum absolute atomic E-state index is 0. The fourth-order valence-corrected chi connectivity index (χ4v) is 1.48. The van der Waals surface area contributed by atoms with Crippen molar-refractivity contribution < 1.29 is 64.3 Å². The molecule has 0 unspecified atom stereocenters. The quantitative estimate of drug-likeness (QED) is 0.375. The molecule has 5 heteroatoms. The van der Waals surface area contributed by atoms with Gasteiger partial charge in [0.05, 0.1) is 0 Å². The molecule has 0 nitrogen and oxygen atoms in total. The molecule has 1 aliphatic carbocycles. The molecule has 0 radical (unpaired) electrons. The van der Waals surface area contributed by atoms with Crippen molar-refractivity contribution in [3.63, 3.8) is 0 Å². The van der Waals surface area contributed by atoms with E-state index in [0.717, 1.165) is 19.3 Å². The molecule has 1 aliphatic rings. The number of unbranched alkanes of at least 4 members (excludes halogenated alkanes) is 2. The van der Waals surface area contributed by atoms with Gasteiger partial charge in [0.2, 0.25) is 0 Å². The Balaban J connectivity index is 0.00000169. The average molecular weight is 230 g/mol. The van der Waals surface area contributed by atoms with Crippen LogP contribution in [0.5, 0.6) is 0 Å². The fourth-order valence-electron chi connectivity index (χ4n) is 1.48. The minimum Gasteiger partial charge on any atom is -0.449 e. The molecule has 1 saturated carbocycles. The van der Waals surface area contributed by atoms with Crippen molar-refractivity contribution in [3.05, 3.63) is 12.2 Å². The summed E-state index contributed by atoms with van der Waals surface area (Å²) in [6.07, 6.45) is 7.06. The van der Waals surface area contributed by atoms with Crippen molar-refractivity contribution in [1.82, 2.24) is 0 Å². The van der Waals surface area contributed by atoms with Crippen LogP contribution in [-0.4, -0.2) is 6.98 Å². The summed E-state index contributed by atoms with van der Waals surface area (Å²) in [6, 6.07) is 0. The molecule has 0 bridgehead atoms. The van der Waals surface area contributed by atoms with Crippen LogP contribution in [0.4, 0.5) is 12.9 Å². The van der Waals surface area contributed by atoms with Gasteiger partial charge in [-0.05, 0) is 12.3 Å². The molecule has 0 aromatic carbocycles. The molecule has 2 atom stereocenters. The smallest absolute Gasteiger partial charge is 0.449 e. The van der Waals surface area contributed by atoms with Crippen molar-refractivity contribution in [1.29, 1.82) is 0 Å². The number of allylic oxidation sites excluding steroid dienone is 2. The first-order valence-corrected chi connectivity index (χ1v) is 4.92. The molecule has 1 fully saturated rings. The molecule has 76 valence electrons. The van der Waals surface area contributed by atoms with Gasteiger partial charge >= 0.3 is 58.4 Å². The molecule has 0 aliphatic heterocycles. The maximum Gasteiger partial charge on any atom is 1.00 e. The Labute approximate surface area is 126 Å². The maximum absolute atomic E-state index is 12.1. The normalized spacial score (nSPS) is 26.3. The van der Waals surface area contributed by atoms with E-state index in [1.54, 1.807) is 6.08 Å². The first-order chi connectivity index (χ1) is 6.05. The SMILES string of the molecule is CCCC/C=C/[C@@H]1C[C@H]1[B-](F)(F)F.[K+]. The zero-order valence-corrected chi connectivity index (χ0v) is 12.0. The predicted octanol–water partition coefficient (Wildman–Crippen LogP) is 0.974. The molecular formula is C9H15BF3K. The van der Waals surface area contributed by atoms with Crippen LogP contribution in [0, 0.1) is 5.92 Å². The monoisotopic (exact) mass is 230 g/mol. The maximum atomic E-state index is 12.1. The molecule has 0 aromatic heterocycles. The van der Waals surface area contributed by atoms with Crippen LogP contribution in [0.1, 0.15) is 32.6 Å². The van der Waals surface area contributed by atoms with Crippen LogP contribution in [-0.2, 0) is 0 Å². The van der Waals surface area contributed by atoms with E-state index >= 15 is 0 Å². The molecule has 0 amide bonds. The van der Waals surface area contributed by atoms with E-state index in [4.69, 9.17) is 0 Å². The Morgan fingerprint density at radius 2 is 2.00 bits per heavy atom. The fraction of sp³-hybridized carbons (Fsp3) is 0.778. The van der Waals surface area contributed by atoms with Gasteiger partial charge in [-0.2, -0.15) is 0 Å². The van der Waals surface area contributed by atoms with Crippen LogP contribution in [0.2, 0.25) is 5.82 Å². The Kier molecular flexibility index (Phi) is 7.33. The van der Waals surface area contributed by atoms with Gasteiger partial charge in [-0.25, -0.2) is 0 Å². The van der Waals surface area contributed by atoms with E-state index < -0.39 is 12.8 Å². The third-order valence-corrected chi connectivity index (χ3v) is 2.48. The molecule has 14 heavy (non-hydrogen) atoms. The second kappa shape index (κ2) is 6.74. The molecule has 0 saturated heterocycles. The second-order valence-corrected chi connectivity index (χ2v) is 3.76. The number of rotatable bonds is 5. The van der Waals surface area contributed by atoms with Crippen molar-refractivity contribution in [2.75, 3.05) is 0 Å². The summed E-state index contributed by atoms with van der Waals surface area (Å²) in [4.78, 5) is 0. The summed E-state index contributed by atoms with van der Waals surface area (Å²) in [5.41, 5.74) is 0. The zero-order valence-electron chi connectivity index (χ0n) is 8.85. The summed E-state index contributed by atoms with van der Waals surface area (Å²) in [5.74, 6) is -1.19. The zero-order chi connectivity index (χ0) is 9.90. The van der Waals surface area contributed by atoms with E-state index in [1.807, 2.05) is 6.08 Å². The van der Waals surface area contributed by atoms with Gasteiger partial charge in [0.1, 0.15) is 0 Å². The number of hydrogen-bond acceptors (Lipinski definition) is 0. The van der Waals surface area contributed by atoms with Crippen molar-refractivity contribution in [2.24, 2.45) is 5.92 Å². The predicted molar refractivity (Wildman–Crippen MR) is 49.6 cm³/mol. The van der Waals surface area contributed by atoms with Crippen molar-refractivity contribution >= 4 is 6.98 Å². The standard InChI is InChI=1S/C9H15BF3.K/c1-2-3-4-5-6-8-7-9(8)10(11,12)13;/h5-6,8-9H,2-4,7H2,1H3;/q-1;+1/b6-5+;/t8-,9-;/m1./s1. The summed E-state index contributed by atoms with van der Waals surface area (Å²) in [7, 11) is 0. The Morgan fingerprint density at radius 3 is 2.43 bits per heavy atom. The van der Waals surface area contributed by atoms with E-state index in [0.29, 0.717) is 6.42 Å². The number of halogens is 3. The topological polar surface area (TPSA) is 0 Å². The van der Waals surface area contributed by atoms with Gasteiger partial charge in [0.15, 0.2) is 0 Å². The molecule has 0 heterocycles. The van der Waals surface area contributed by atoms with Crippen LogP contribution in [0.15, 0.2) is 12.2 Å². The van der Waals surface area contributed by atoms with Gasteiger partial charge in [0.25, 0.3) is 0 Å². The molecule has 0 spiro atoms. The Bertz CT molecular complexity index is 191. The Hall–Kier alpha value is 1.23. The third-order valence-electron chi connectivity index (χ3n) is 2.48. The van der Waals surface area contributed by atoms with Gasteiger partial charge in [-0.1, -0.05) is 44.2 Å². The van der Waals surface area contributed by atoms with E-state index in [1.165, 1.54) is 0 Å². The molecular weight excluding hydrogens is 215 g/mol. The first-order valence-electron chi connectivity index (χ1n) is 4.92. The Morgan fingerprint density at radius 1 is 1.36 bits per heavy atom. The van der Waals surface area contributed by atoms with Crippen molar-refractivity contribution in [3.8, 4) is 0 Å². The van der Waals surface area contributed by atoms with E-state index in [9.17, 15) is 12.9 Å². The van der Waals surface area contributed by atoms with E-state index in [-0.39, 0.29) is 57.3 Å². The summed E-state index contributed by atoms with van der Waals surface area (Å²) in [6.45, 7) is -2.50. The van der Waals surface area contributed by atoms with Crippen LogP contribution in [0.3, 0.4) is 0 Å². The van der Waals surface area contributed by atoms with Crippen LogP contribution in [0.25, 0.3) is 0 Å². The summed E-state index contributed by atoms with van der Waals surface area (Å²) < 4.78 is 36.3. The van der Waals surface area contributed by atoms with Gasteiger partial charge in [0, 0.05) is 0 Å². The third kappa shape index (κ3) is 5.35. The van der Waals surface area contributed by atoms with E-state index in [2.05, 4.69) is 6.92 Å². The molecule has 0 aromatic rings. The molecule has 1 rings (SSSR count). The summed E-state index contributed by atoms with van der Waals surface area (Å²) in [5, 5.41) is 0. The second-order valence-electron chi connectivity index (χ2n) is 3.76. The average Bonchev–Trinajstić information content (AvgIpc) is 2.76. The number of hydrogen-bond donors (Lipinski definition) is 0. The van der Waals surface area contributed by atoms with Crippen LogP contribution < -0.4 is 51.4 Å². The van der Waals surface area contributed by atoms with Crippen LogP contribution >= 0.6 is 0 Å².